The number of hydrogen-bond donors (Lipinski definition) is 1. The summed E-state index contributed by atoms with van der Waals surface area (Å²) in [6.45, 7) is 1.23. The van der Waals surface area contributed by atoms with Crippen molar-refractivity contribution in [1.82, 2.24) is 4.90 Å². The second-order valence-corrected chi connectivity index (χ2v) is 6.71. The average Bonchev–Trinajstić information content (AvgIpc) is 3.03. The van der Waals surface area contributed by atoms with Gasteiger partial charge < -0.3 is 5.73 Å². The molecule has 1 saturated carbocycles. The lowest BCUT2D eigenvalue weighted by Gasteiger charge is -2.29. The molecule has 1 aromatic carbocycles. The van der Waals surface area contributed by atoms with Gasteiger partial charge in [0.25, 0.3) is 0 Å². The first kappa shape index (κ1) is 12.6. The second-order valence-electron chi connectivity index (χ2n) is 6.71. The third kappa shape index (κ3) is 2.02. The molecule has 2 aliphatic heterocycles. The van der Waals surface area contributed by atoms with Gasteiger partial charge in [0.2, 0.25) is 0 Å². The Morgan fingerprint density at radius 3 is 2.15 bits per heavy atom. The Kier molecular flexibility index (Phi) is 3.16. The molecule has 0 amide bonds. The number of rotatable bonds is 3. The first-order valence-corrected chi connectivity index (χ1v) is 8.11. The van der Waals surface area contributed by atoms with Gasteiger partial charge in [-0.1, -0.05) is 36.4 Å². The van der Waals surface area contributed by atoms with Gasteiger partial charge in [0.1, 0.15) is 0 Å². The Morgan fingerprint density at radius 1 is 0.950 bits per heavy atom. The molecule has 3 aliphatic rings. The fourth-order valence-corrected chi connectivity index (χ4v) is 4.31. The molecule has 2 atom stereocenters. The van der Waals surface area contributed by atoms with Crippen LogP contribution in [0.2, 0.25) is 0 Å². The highest BCUT2D eigenvalue weighted by Gasteiger charge is 2.39. The van der Waals surface area contributed by atoms with E-state index in [4.69, 9.17) is 5.73 Å². The van der Waals surface area contributed by atoms with E-state index in [0.29, 0.717) is 18.1 Å². The van der Waals surface area contributed by atoms with Crippen molar-refractivity contribution in [3.8, 4) is 0 Å². The van der Waals surface area contributed by atoms with E-state index in [0.717, 1.165) is 5.92 Å². The van der Waals surface area contributed by atoms with Crippen molar-refractivity contribution < 1.29 is 0 Å². The summed E-state index contributed by atoms with van der Waals surface area (Å²) in [6, 6.07) is 10.5. The van der Waals surface area contributed by atoms with Crippen molar-refractivity contribution in [1.29, 1.82) is 0 Å². The van der Waals surface area contributed by atoms with E-state index < -0.39 is 0 Å². The third-order valence-electron chi connectivity index (χ3n) is 5.51. The molecular weight excluding hydrogens is 244 g/mol. The molecule has 2 N–H and O–H groups in total. The molecule has 2 unspecified atom stereocenters. The van der Waals surface area contributed by atoms with Gasteiger partial charge in [-0.25, -0.2) is 0 Å². The van der Waals surface area contributed by atoms with Gasteiger partial charge >= 0.3 is 0 Å². The molecule has 0 radical (unpaired) electrons. The van der Waals surface area contributed by atoms with Crippen LogP contribution in [-0.2, 0) is 0 Å². The lowest BCUT2D eigenvalue weighted by Crippen LogP contribution is -2.29. The predicted octanol–water partition coefficient (Wildman–Crippen LogP) is 3.56. The van der Waals surface area contributed by atoms with E-state index >= 15 is 0 Å². The molecule has 2 heteroatoms. The molecule has 2 nitrogen and oxygen atoms in total. The van der Waals surface area contributed by atoms with Gasteiger partial charge in [-0.15, -0.1) is 0 Å². The maximum absolute atomic E-state index is 6.01. The van der Waals surface area contributed by atoms with Crippen molar-refractivity contribution in [3.63, 3.8) is 0 Å². The molecule has 4 rings (SSSR count). The van der Waals surface area contributed by atoms with E-state index in [-0.39, 0.29) is 0 Å². The van der Waals surface area contributed by atoms with Crippen molar-refractivity contribution in [2.24, 2.45) is 11.7 Å². The highest BCUT2D eigenvalue weighted by atomic mass is 15.2. The lowest BCUT2D eigenvalue weighted by atomic mass is 9.84. The molecule has 2 heterocycles. The first-order chi connectivity index (χ1) is 9.83. The van der Waals surface area contributed by atoms with Crippen molar-refractivity contribution in [2.45, 2.75) is 50.2 Å². The number of nitrogens with zero attached hydrogens (tertiary/aromatic N) is 1. The number of fused-ring (bicyclic) bond motifs is 5. The Hall–Kier alpha value is -1.12. The summed E-state index contributed by atoms with van der Waals surface area (Å²) in [4.78, 5) is 2.68. The Balaban J connectivity index is 1.40. The Bertz CT molecular complexity index is 481. The minimum Gasteiger partial charge on any atom is -0.328 e. The van der Waals surface area contributed by atoms with E-state index in [2.05, 4.69) is 41.3 Å². The maximum atomic E-state index is 6.01. The molecule has 20 heavy (non-hydrogen) atoms. The fourth-order valence-electron chi connectivity index (χ4n) is 4.31. The predicted molar refractivity (Wildman–Crippen MR) is 82.3 cm³/mol. The van der Waals surface area contributed by atoms with Gasteiger partial charge in [0.05, 0.1) is 12.1 Å². The maximum Gasteiger partial charge on any atom is 0.0544 e. The smallest absolute Gasteiger partial charge is 0.0544 e. The number of nitrogens with two attached hydrogens (primary N) is 1. The second kappa shape index (κ2) is 5.01. The van der Waals surface area contributed by atoms with Crippen LogP contribution in [0.4, 0.5) is 0 Å². The van der Waals surface area contributed by atoms with Crippen LogP contribution in [-0.4, -0.2) is 17.5 Å². The summed E-state index contributed by atoms with van der Waals surface area (Å²) in [6.07, 6.45) is 11.3. The average molecular weight is 268 g/mol. The molecule has 2 bridgehead atoms. The molecule has 1 aliphatic carbocycles. The minimum atomic E-state index is 0.472. The van der Waals surface area contributed by atoms with E-state index in [1.165, 1.54) is 49.8 Å². The van der Waals surface area contributed by atoms with E-state index in [1.54, 1.807) is 0 Å². The zero-order valence-electron chi connectivity index (χ0n) is 12.0. The summed E-state index contributed by atoms with van der Waals surface area (Å²) < 4.78 is 0. The number of hydrogen-bond acceptors (Lipinski definition) is 2. The van der Waals surface area contributed by atoms with Gasteiger partial charge in [-0.05, 0) is 49.1 Å². The summed E-state index contributed by atoms with van der Waals surface area (Å²) in [5.41, 5.74) is 9.07. The van der Waals surface area contributed by atoms with Crippen LogP contribution in [0.5, 0.6) is 0 Å². The highest BCUT2D eigenvalue weighted by Crippen LogP contribution is 2.48. The molecule has 0 aromatic heterocycles. The van der Waals surface area contributed by atoms with Crippen molar-refractivity contribution >= 4 is 0 Å². The molecule has 0 spiro atoms. The fraction of sp³-hybridized carbons (Fsp3) is 0.556. The highest BCUT2D eigenvalue weighted by molar-refractivity contribution is 5.46. The third-order valence-corrected chi connectivity index (χ3v) is 5.51. The largest absolute Gasteiger partial charge is 0.328 e. The SMILES string of the molecule is NC1CCC(CCN2C3C=CC2c2ccccc23)CC1. The molecule has 1 aromatic rings. The zero-order valence-corrected chi connectivity index (χ0v) is 12.0. The molecule has 1 fully saturated rings. The molecular formula is C18H24N2. The van der Waals surface area contributed by atoms with Crippen LogP contribution >= 0.6 is 0 Å². The normalized spacial score (nSPS) is 35.5. The Morgan fingerprint density at radius 2 is 1.55 bits per heavy atom. The van der Waals surface area contributed by atoms with Crippen LogP contribution in [0.25, 0.3) is 0 Å². The zero-order chi connectivity index (χ0) is 13.5. The lowest BCUT2D eigenvalue weighted by molar-refractivity contribution is 0.202. The first-order valence-electron chi connectivity index (χ1n) is 8.11. The van der Waals surface area contributed by atoms with Crippen LogP contribution in [0.15, 0.2) is 36.4 Å². The minimum absolute atomic E-state index is 0.472. The van der Waals surface area contributed by atoms with Crippen LogP contribution in [0.1, 0.15) is 55.3 Å². The van der Waals surface area contributed by atoms with Gasteiger partial charge in [0.15, 0.2) is 0 Å². The van der Waals surface area contributed by atoms with Gasteiger partial charge in [-0.3, -0.25) is 4.90 Å². The Labute approximate surface area is 121 Å². The van der Waals surface area contributed by atoms with Crippen molar-refractivity contribution in [3.05, 3.63) is 47.5 Å². The summed E-state index contributed by atoms with van der Waals surface area (Å²) in [7, 11) is 0. The van der Waals surface area contributed by atoms with Crippen LogP contribution in [0, 0.1) is 5.92 Å². The quantitative estimate of drug-likeness (QED) is 0.849. The van der Waals surface area contributed by atoms with Crippen LogP contribution < -0.4 is 5.73 Å². The monoisotopic (exact) mass is 268 g/mol. The van der Waals surface area contributed by atoms with E-state index in [1.807, 2.05) is 0 Å². The topological polar surface area (TPSA) is 29.3 Å². The summed E-state index contributed by atoms with van der Waals surface area (Å²) in [5.74, 6) is 0.901. The standard InChI is InChI=1S/C18H24N2/c19-14-7-5-13(6-8-14)11-12-20-17-9-10-18(20)16-4-2-1-3-15(16)17/h1-4,9-10,13-14,17-18H,5-8,11-12,19H2. The van der Waals surface area contributed by atoms with Gasteiger partial charge in [-0.2, -0.15) is 0 Å². The number of benzene rings is 1. The van der Waals surface area contributed by atoms with Gasteiger partial charge in [0, 0.05) is 12.6 Å². The molecule has 0 saturated heterocycles. The summed E-state index contributed by atoms with van der Waals surface area (Å²) >= 11 is 0. The van der Waals surface area contributed by atoms with Crippen LogP contribution in [0.3, 0.4) is 0 Å². The summed E-state index contributed by atoms with van der Waals surface area (Å²) in [5, 5.41) is 0. The molecule has 106 valence electrons. The van der Waals surface area contributed by atoms with Crippen molar-refractivity contribution in [2.75, 3.05) is 6.54 Å². The van der Waals surface area contributed by atoms with E-state index in [9.17, 15) is 0 Å².